The highest BCUT2D eigenvalue weighted by atomic mass is 32.2. The van der Waals surface area contributed by atoms with Crippen molar-refractivity contribution in [2.24, 2.45) is 5.41 Å². The molecule has 0 aromatic rings. The molecule has 2 heterocycles. The Morgan fingerprint density at radius 3 is 2.34 bits per heavy atom. The van der Waals surface area contributed by atoms with E-state index in [9.17, 15) is 13.2 Å². The van der Waals surface area contributed by atoms with Gasteiger partial charge in [0, 0.05) is 42.0 Å². The van der Waals surface area contributed by atoms with Gasteiger partial charge in [0.1, 0.15) is 5.60 Å². The van der Waals surface area contributed by atoms with E-state index >= 15 is 0 Å². The summed E-state index contributed by atoms with van der Waals surface area (Å²) < 4.78 is 33.4. The molecular formula is C21H33N3O4S. The Bertz CT molecular complexity index is 878. The summed E-state index contributed by atoms with van der Waals surface area (Å²) >= 11 is 0. The molecule has 1 spiro atoms. The van der Waals surface area contributed by atoms with Gasteiger partial charge in [0.05, 0.1) is 4.75 Å². The Kier molecular flexibility index (Phi) is 5.30. The lowest BCUT2D eigenvalue weighted by Gasteiger charge is -2.41. The van der Waals surface area contributed by atoms with E-state index in [2.05, 4.69) is 16.1 Å². The number of ether oxygens (including phenoxy) is 1. The maximum atomic E-state index is 12.9. The van der Waals surface area contributed by atoms with Crippen LogP contribution in [0, 0.1) is 5.41 Å². The third-order valence-corrected chi connectivity index (χ3v) is 7.61. The molecule has 1 saturated heterocycles. The van der Waals surface area contributed by atoms with Gasteiger partial charge in [0.15, 0.2) is 0 Å². The van der Waals surface area contributed by atoms with Crippen LogP contribution in [0.3, 0.4) is 0 Å². The minimum Gasteiger partial charge on any atom is -0.444 e. The number of amides is 1. The second-order valence-electron chi connectivity index (χ2n) is 9.97. The minimum atomic E-state index is -3.57. The van der Waals surface area contributed by atoms with Gasteiger partial charge in [-0.25, -0.2) is 13.2 Å². The van der Waals surface area contributed by atoms with Crippen LogP contribution in [0.5, 0.6) is 0 Å². The van der Waals surface area contributed by atoms with Crippen molar-refractivity contribution in [2.75, 3.05) is 19.6 Å². The molecule has 0 saturated carbocycles. The van der Waals surface area contributed by atoms with Crippen LogP contribution in [0.15, 0.2) is 35.2 Å². The molecule has 3 aliphatic rings. The quantitative estimate of drug-likeness (QED) is 0.713. The summed E-state index contributed by atoms with van der Waals surface area (Å²) in [6, 6.07) is 0. The van der Waals surface area contributed by atoms with E-state index < -0.39 is 25.8 Å². The monoisotopic (exact) mass is 423 g/mol. The molecule has 0 aromatic carbocycles. The number of hydrogen-bond donors (Lipinski definition) is 2. The summed E-state index contributed by atoms with van der Waals surface area (Å²) in [5, 5.41) is 3.35. The number of hydrogen-bond acceptors (Lipinski definition) is 5. The van der Waals surface area contributed by atoms with Crippen molar-refractivity contribution in [1.82, 2.24) is 14.9 Å². The molecule has 0 atom stereocenters. The van der Waals surface area contributed by atoms with E-state index in [0.29, 0.717) is 25.9 Å². The number of carbonyl (C=O) groups is 1. The molecule has 1 aliphatic carbocycles. The molecule has 0 radical (unpaired) electrons. The summed E-state index contributed by atoms with van der Waals surface area (Å²) in [7, 11) is -3.57. The summed E-state index contributed by atoms with van der Waals surface area (Å²) in [6.45, 7) is 12.4. The number of piperidine rings is 1. The third kappa shape index (κ3) is 4.32. The highest BCUT2D eigenvalue weighted by Gasteiger charge is 2.46. The van der Waals surface area contributed by atoms with Crippen LogP contribution in [-0.4, -0.2) is 49.4 Å². The van der Waals surface area contributed by atoms with Crippen molar-refractivity contribution in [1.29, 1.82) is 0 Å². The van der Waals surface area contributed by atoms with Crippen LogP contribution in [0.25, 0.3) is 0 Å². The number of nitrogens with zero attached hydrogens (tertiary/aromatic N) is 1. The molecule has 1 fully saturated rings. The molecule has 3 rings (SSSR count). The first-order chi connectivity index (χ1) is 13.2. The second-order valence-corrected chi connectivity index (χ2v) is 12.4. The molecule has 0 aromatic heterocycles. The number of allylic oxidation sites excluding steroid dienone is 2. The lowest BCUT2D eigenvalue weighted by molar-refractivity contribution is 0.0163. The summed E-state index contributed by atoms with van der Waals surface area (Å²) in [4.78, 5) is 14.2. The van der Waals surface area contributed by atoms with Gasteiger partial charge >= 0.3 is 6.09 Å². The topological polar surface area (TPSA) is 87.7 Å². The van der Waals surface area contributed by atoms with Gasteiger partial charge in [-0.05, 0) is 60.5 Å². The molecule has 0 unspecified atom stereocenters. The predicted octanol–water partition coefficient (Wildman–Crippen LogP) is 3.03. The fraction of sp³-hybridized carbons (Fsp3) is 0.667. The number of nitrogens with one attached hydrogen (secondary N) is 2. The summed E-state index contributed by atoms with van der Waals surface area (Å²) in [5.74, 6) is 0. The molecule has 1 amide bonds. The van der Waals surface area contributed by atoms with Gasteiger partial charge in [-0.2, -0.15) is 0 Å². The third-order valence-electron chi connectivity index (χ3n) is 5.52. The lowest BCUT2D eigenvalue weighted by Crippen LogP contribution is -2.48. The number of rotatable bonds is 2. The predicted molar refractivity (Wildman–Crippen MR) is 114 cm³/mol. The van der Waals surface area contributed by atoms with Gasteiger partial charge in [-0.15, -0.1) is 0 Å². The van der Waals surface area contributed by atoms with Crippen LogP contribution >= 0.6 is 0 Å². The van der Waals surface area contributed by atoms with E-state index in [4.69, 9.17) is 4.74 Å². The van der Waals surface area contributed by atoms with Gasteiger partial charge in [-0.1, -0.05) is 12.2 Å². The molecule has 8 heteroatoms. The maximum absolute atomic E-state index is 12.9. The second kappa shape index (κ2) is 7.07. The normalized spacial score (nSPS) is 21.6. The molecule has 2 aliphatic heterocycles. The zero-order valence-corrected chi connectivity index (χ0v) is 19.1. The Morgan fingerprint density at radius 1 is 1.17 bits per heavy atom. The van der Waals surface area contributed by atoms with Crippen molar-refractivity contribution in [2.45, 2.75) is 64.7 Å². The number of fused-ring (bicyclic) bond motifs is 1. The fourth-order valence-electron chi connectivity index (χ4n) is 3.75. The Hall–Kier alpha value is -1.96. The fourth-order valence-corrected chi connectivity index (χ4v) is 4.64. The van der Waals surface area contributed by atoms with Crippen molar-refractivity contribution >= 4 is 16.1 Å². The van der Waals surface area contributed by atoms with Crippen LogP contribution in [-0.2, 0) is 14.8 Å². The van der Waals surface area contributed by atoms with Crippen LogP contribution in [0.1, 0.15) is 54.4 Å². The van der Waals surface area contributed by atoms with E-state index in [1.807, 2.05) is 32.9 Å². The number of likely N-dealkylation sites (tertiary alicyclic amines) is 1. The first-order valence-electron chi connectivity index (χ1n) is 10.1. The Balaban J connectivity index is 1.87. The zero-order chi connectivity index (χ0) is 21.7. The molecular weight excluding hydrogens is 390 g/mol. The molecule has 162 valence electrons. The Labute approximate surface area is 174 Å². The van der Waals surface area contributed by atoms with Crippen molar-refractivity contribution < 1.29 is 17.9 Å². The number of carbonyl (C=O) groups excluding carboxylic acids is 1. The van der Waals surface area contributed by atoms with Gasteiger partial charge < -0.3 is 15.0 Å². The maximum Gasteiger partial charge on any atom is 0.410 e. The smallest absolute Gasteiger partial charge is 0.410 e. The molecule has 29 heavy (non-hydrogen) atoms. The summed E-state index contributed by atoms with van der Waals surface area (Å²) in [5.41, 5.74) is 1.60. The first kappa shape index (κ1) is 21.7. The largest absolute Gasteiger partial charge is 0.444 e. The standard InChI is InChI=1S/C21H33N3O4S/c1-19(2,3)28-18(25)24-12-9-21(10-13-24)14-16-15(8-7-11-22-16)17(21)23-29(26,27)20(4,5)6/h7-8,14,22-23H,9-13H2,1-6H3. The Morgan fingerprint density at radius 2 is 1.79 bits per heavy atom. The average Bonchev–Trinajstić information content (AvgIpc) is 2.86. The SMILES string of the molecule is CC(C)(C)OC(=O)N1CCC2(C=C3NCC=CC3=C2NS(=O)(=O)C(C)(C)C)CC1. The summed E-state index contributed by atoms with van der Waals surface area (Å²) in [6.07, 6.45) is 7.06. The van der Waals surface area contributed by atoms with E-state index in [1.54, 1.807) is 25.7 Å². The van der Waals surface area contributed by atoms with Crippen molar-refractivity contribution in [3.63, 3.8) is 0 Å². The highest BCUT2D eigenvalue weighted by Crippen LogP contribution is 2.48. The van der Waals surface area contributed by atoms with Crippen LogP contribution < -0.4 is 10.0 Å². The average molecular weight is 424 g/mol. The lowest BCUT2D eigenvalue weighted by atomic mass is 9.77. The van der Waals surface area contributed by atoms with Crippen LogP contribution in [0.2, 0.25) is 0 Å². The van der Waals surface area contributed by atoms with Crippen molar-refractivity contribution in [3.05, 3.63) is 35.2 Å². The van der Waals surface area contributed by atoms with Crippen molar-refractivity contribution in [3.8, 4) is 0 Å². The van der Waals surface area contributed by atoms with E-state index in [0.717, 1.165) is 23.5 Å². The molecule has 7 nitrogen and oxygen atoms in total. The van der Waals surface area contributed by atoms with Gasteiger partial charge in [0.2, 0.25) is 10.0 Å². The van der Waals surface area contributed by atoms with Gasteiger partial charge in [-0.3, -0.25) is 4.72 Å². The van der Waals surface area contributed by atoms with Gasteiger partial charge in [0.25, 0.3) is 0 Å². The zero-order valence-electron chi connectivity index (χ0n) is 18.3. The molecule has 2 N–H and O–H groups in total. The van der Waals surface area contributed by atoms with Crippen LogP contribution in [0.4, 0.5) is 4.79 Å². The van der Waals surface area contributed by atoms with E-state index in [1.165, 1.54) is 0 Å². The van der Waals surface area contributed by atoms with E-state index in [-0.39, 0.29) is 6.09 Å². The molecule has 0 bridgehead atoms. The highest BCUT2D eigenvalue weighted by molar-refractivity contribution is 7.90. The number of sulfonamides is 1. The first-order valence-corrected chi connectivity index (χ1v) is 11.6. The minimum absolute atomic E-state index is 0.321.